The number of sulfone groups is 1. The number of aliphatic hydroxyl groups excluding tert-OH is 1. The van der Waals surface area contributed by atoms with Crippen LogP contribution in [0.5, 0.6) is 0 Å². The number of hydrogen-bond donors (Lipinski definition) is 3. The normalized spacial score (nSPS) is 12.5. The number of imidazole rings is 1. The number of rotatable bonds is 9. The van der Waals surface area contributed by atoms with E-state index in [1.165, 1.54) is 23.5 Å². The Morgan fingerprint density at radius 1 is 1.36 bits per heavy atom. The zero-order valence-electron chi connectivity index (χ0n) is 18.5. The summed E-state index contributed by atoms with van der Waals surface area (Å²) < 4.78 is 39.4. The minimum absolute atomic E-state index is 0.105. The van der Waals surface area contributed by atoms with Crippen molar-refractivity contribution in [3.63, 3.8) is 0 Å². The molecule has 0 radical (unpaired) electrons. The summed E-state index contributed by atoms with van der Waals surface area (Å²) in [5.74, 6) is -0.694. The summed E-state index contributed by atoms with van der Waals surface area (Å²) >= 11 is 1.17. The number of halogens is 1. The van der Waals surface area contributed by atoms with Gasteiger partial charge < -0.3 is 15.0 Å². The third kappa shape index (κ3) is 6.59. The Morgan fingerprint density at radius 2 is 2.12 bits per heavy atom. The average molecular weight is 496 g/mol. The molecule has 3 N–H and O–H groups in total. The first-order chi connectivity index (χ1) is 15.6. The Labute approximate surface area is 195 Å². The van der Waals surface area contributed by atoms with E-state index in [4.69, 9.17) is 5.11 Å². The molecule has 0 aliphatic rings. The van der Waals surface area contributed by atoms with Crippen LogP contribution in [0.3, 0.4) is 0 Å². The van der Waals surface area contributed by atoms with Crippen LogP contribution < -0.4 is 10.6 Å². The lowest BCUT2D eigenvalue weighted by atomic mass is 10.1. The van der Waals surface area contributed by atoms with Gasteiger partial charge in [-0.25, -0.2) is 27.6 Å². The molecule has 12 heteroatoms. The van der Waals surface area contributed by atoms with Crippen LogP contribution in [0.15, 0.2) is 35.6 Å². The van der Waals surface area contributed by atoms with E-state index in [1.54, 1.807) is 13.3 Å². The molecule has 0 aliphatic carbocycles. The number of aromatic nitrogens is 3. The summed E-state index contributed by atoms with van der Waals surface area (Å²) in [4.78, 5) is 21.1. The molecule has 0 fully saturated rings. The first-order valence-electron chi connectivity index (χ1n) is 10.2. The molecule has 0 saturated carbocycles. The highest BCUT2D eigenvalue weighted by Crippen LogP contribution is 2.34. The van der Waals surface area contributed by atoms with Crippen molar-refractivity contribution in [1.82, 2.24) is 19.9 Å². The number of benzene rings is 1. The molecule has 0 bridgehead atoms. The van der Waals surface area contributed by atoms with Crippen LogP contribution in [-0.2, 0) is 22.8 Å². The largest absolute Gasteiger partial charge is 0.396 e. The lowest BCUT2D eigenvalue weighted by molar-refractivity contribution is 0.223. The molecule has 0 spiro atoms. The number of carbonyl (C=O) groups is 1. The van der Waals surface area contributed by atoms with Crippen LogP contribution in [0.25, 0.3) is 10.4 Å². The Kier molecular flexibility index (Phi) is 7.82. The lowest BCUT2D eigenvalue weighted by Crippen LogP contribution is -2.30. The highest BCUT2D eigenvalue weighted by Gasteiger charge is 2.17. The van der Waals surface area contributed by atoms with Crippen LogP contribution in [-0.4, -0.2) is 53.5 Å². The van der Waals surface area contributed by atoms with Crippen LogP contribution in [0.2, 0.25) is 0 Å². The van der Waals surface area contributed by atoms with Crippen molar-refractivity contribution < 1.29 is 22.7 Å². The molecule has 1 atom stereocenters. The molecule has 33 heavy (non-hydrogen) atoms. The van der Waals surface area contributed by atoms with E-state index in [2.05, 4.69) is 20.6 Å². The number of anilines is 1. The van der Waals surface area contributed by atoms with Crippen molar-refractivity contribution in [3.8, 4) is 10.4 Å². The van der Waals surface area contributed by atoms with Crippen LogP contribution in [0.4, 0.5) is 14.3 Å². The standard InChI is InChI=1S/C21H26FN5O4S2/c1-13(11-28)9-27-10-16(24-12-27)6-7-23-20(29)26-21-25-14(2)19(32-21)15-4-5-18(17(22)8-15)33(3,30)31/h4-5,8,10,12-13,28H,6-7,9,11H2,1-3H3,(H2,23,25,26,29). The lowest BCUT2D eigenvalue weighted by Gasteiger charge is -2.07. The summed E-state index contributed by atoms with van der Waals surface area (Å²) in [6, 6.07) is 3.47. The van der Waals surface area contributed by atoms with Crippen molar-refractivity contribution in [2.75, 3.05) is 24.7 Å². The third-order valence-corrected chi connectivity index (χ3v) is 7.05. The molecule has 2 amide bonds. The maximum Gasteiger partial charge on any atom is 0.321 e. The first kappa shape index (κ1) is 24.8. The minimum Gasteiger partial charge on any atom is -0.396 e. The van der Waals surface area contributed by atoms with Crippen molar-refractivity contribution >= 4 is 32.3 Å². The van der Waals surface area contributed by atoms with Crippen molar-refractivity contribution in [2.24, 2.45) is 5.92 Å². The smallest absolute Gasteiger partial charge is 0.321 e. The van der Waals surface area contributed by atoms with Crippen LogP contribution >= 0.6 is 11.3 Å². The number of hydrogen-bond acceptors (Lipinski definition) is 7. The number of carbonyl (C=O) groups excluding carboxylic acids is 1. The highest BCUT2D eigenvalue weighted by molar-refractivity contribution is 7.90. The minimum atomic E-state index is -3.66. The summed E-state index contributed by atoms with van der Waals surface area (Å²) in [6.45, 7) is 4.82. The molecular weight excluding hydrogens is 469 g/mol. The molecule has 2 aromatic heterocycles. The summed E-state index contributed by atoms with van der Waals surface area (Å²) in [6.07, 6.45) is 5.08. The van der Waals surface area contributed by atoms with E-state index in [0.29, 0.717) is 40.8 Å². The van der Waals surface area contributed by atoms with Gasteiger partial charge in [0.05, 0.1) is 22.6 Å². The van der Waals surface area contributed by atoms with Gasteiger partial charge in [-0.15, -0.1) is 0 Å². The summed E-state index contributed by atoms with van der Waals surface area (Å²) in [7, 11) is -3.66. The van der Waals surface area contributed by atoms with E-state index < -0.39 is 21.7 Å². The van der Waals surface area contributed by atoms with E-state index in [-0.39, 0.29) is 17.4 Å². The molecule has 0 aliphatic heterocycles. The van der Waals surface area contributed by atoms with Gasteiger partial charge in [-0.2, -0.15) is 0 Å². The molecule has 3 rings (SSSR count). The van der Waals surface area contributed by atoms with Gasteiger partial charge in [0.1, 0.15) is 10.7 Å². The molecule has 3 aromatic rings. The number of aliphatic hydroxyl groups is 1. The number of nitrogens with one attached hydrogen (secondary N) is 2. The van der Waals surface area contributed by atoms with Crippen molar-refractivity contribution in [1.29, 1.82) is 0 Å². The molecule has 178 valence electrons. The van der Waals surface area contributed by atoms with E-state index in [9.17, 15) is 17.6 Å². The number of urea groups is 1. The first-order valence-corrected chi connectivity index (χ1v) is 12.9. The fraction of sp³-hybridized carbons (Fsp3) is 0.381. The topological polar surface area (TPSA) is 126 Å². The number of aryl methyl sites for hydroxylation is 1. The molecule has 2 heterocycles. The molecule has 0 saturated heterocycles. The van der Waals surface area contributed by atoms with Gasteiger partial charge in [0.25, 0.3) is 0 Å². The van der Waals surface area contributed by atoms with Gasteiger partial charge in [0.2, 0.25) is 0 Å². The number of nitrogens with zero attached hydrogens (tertiary/aromatic N) is 3. The Hall–Kier alpha value is -2.83. The van der Waals surface area contributed by atoms with E-state index in [1.807, 2.05) is 17.7 Å². The van der Waals surface area contributed by atoms with Gasteiger partial charge >= 0.3 is 6.03 Å². The zero-order chi connectivity index (χ0) is 24.2. The van der Waals surface area contributed by atoms with Crippen LogP contribution in [0.1, 0.15) is 18.3 Å². The molecule has 1 aromatic carbocycles. The van der Waals surface area contributed by atoms with Gasteiger partial charge in [0, 0.05) is 38.6 Å². The molecular formula is C21H26FN5O4S2. The third-order valence-electron chi connectivity index (χ3n) is 4.80. The average Bonchev–Trinajstić information content (AvgIpc) is 3.32. The summed E-state index contributed by atoms with van der Waals surface area (Å²) in [5.41, 5.74) is 1.89. The Morgan fingerprint density at radius 3 is 2.79 bits per heavy atom. The number of thiazole rings is 1. The summed E-state index contributed by atoms with van der Waals surface area (Å²) in [5, 5.41) is 14.9. The second kappa shape index (κ2) is 10.4. The van der Waals surface area contributed by atoms with Gasteiger partial charge in [-0.1, -0.05) is 24.3 Å². The predicted molar refractivity (Wildman–Crippen MR) is 125 cm³/mol. The SMILES string of the molecule is Cc1nc(NC(=O)NCCc2cn(CC(C)CO)cn2)sc1-c1ccc(S(C)(=O)=O)c(F)c1. The Balaban J connectivity index is 1.56. The highest BCUT2D eigenvalue weighted by atomic mass is 32.2. The molecule has 9 nitrogen and oxygen atoms in total. The van der Waals surface area contributed by atoms with Crippen LogP contribution in [0, 0.1) is 18.7 Å². The fourth-order valence-electron chi connectivity index (χ4n) is 3.16. The van der Waals surface area contributed by atoms with Crippen molar-refractivity contribution in [2.45, 2.75) is 31.7 Å². The predicted octanol–water partition coefficient (Wildman–Crippen LogP) is 2.85. The van der Waals surface area contributed by atoms with Crippen molar-refractivity contribution in [3.05, 3.63) is 47.9 Å². The van der Waals surface area contributed by atoms with Gasteiger partial charge in [-0.3, -0.25) is 5.32 Å². The van der Waals surface area contributed by atoms with Gasteiger partial charge in [0.15, 0.2) is 15.0 Å². The fourth-order valence-corrected chi connectivity index (χ4v) is 4.85. The maximum absolute atomic E-state index is 14.2. The van der Waals surface area contributed by atoms with E-state index in [0.717, 1.165) is 18.0 Å². The van der Waals surface area contributed by atoms with E-state index >= 15 is 0 Å². The second-order valence-corrected chi connectivity index (χ2v) is 10.8. The second-order valence-electron chi connectivity index (χ2n) is 7.83. The monoisotopic (exact) mass is 495 g/mol. The van der Waals surface area contributed by atoms with Gasteiger partial charge in [-0.05, 0) is 30.5 Å². The Bertz CT molecular complexity index is 1240. The quantitative estimate of drug-likeness (QED) is 0.419. The molecule has 1 unspecified atom stereocenters. The zero-order valence-corrected chi connectivity index (χ0v) is 20.1. The number of amides is 2. The maximum atomic E-state index is 14.2.